The Hall–Kier alpha value is -4.14. The van der Waals surface area contributed by atoms with E-state index in [1.807, 2.05) is 0 Å². The van der Waals surface area contributed by atoms with E-state index in [4.69, 9.17) is 19.3 Å². The number of carbonyl (C=O) groups is 3. The molecule has 0 aliphatic carbocycles. The monoisotopic (exact) mass is 410 g/mol. The normalized spacial score (nSPS) is 10.3. The van der Waals surface area contributed by atoms with Crippen LogP contribution in [-0.2, 0) is 14.3 Å². The summed E-state index contributed by atoms with van der Waals surface area (Å²) in [6, 6.07) is 15.1. The van der Waals surface area contributed by atoms with Gasteiger partial charge < -0.3 is 19.3 Å². The van der Waals surface area contributed by atoms with Crippen molar-refractivity contribution in [3.05, 3.63) is 65.9 Å². The highest BCUT2D eigenvalue weighted by molar-refractivity contribution is 6.06. The number of carboxylic acids is 1. The van der Waals surface area contributed by atoms with E-state index in [1.165, 1.54) is 25.0 Å². The average Bonchev–Trinajstić information content (AvgIpc) is 3.18. The predicted molar refractivity (Wildman–Crippen MR) is 105 cm³/mol. The summed E-state index contributed by atoms with van der Waals surface area (Å²) in [5, 5.41) is 13.3. The van der Waals surface area contributed by atoms with Gasteiger partial charge in [0.2, 0.25) is 0 Å². The van der Waals surface area contributed by atoms with Crippen molar-refractivity contribution in [1.82, 2.24) is 9.78 Å². The van der Waals surface area contributed by atoms with E-state index in [1.54, 1.807) is 48.5 Å². The van der Waals surface area contributed by atoms with Crippen molar-refractivity contribution in [2.45, 2.75) is 0 Å². The Morgan fingerprint density at radius 3 is 2.30 bits per heavy atom. The minimum Gasteiger partial charge on any atom is -0.482 e. The first-order chi connectivity index (χ1) is 14.5. The van der Waals surface area contributed by atoms with Crippen LogP contribution in [0.15, 0.2) is 54.6 Å². The molecule has 0 fully saturated rings. The minimum absolute atomic E-state index is 0.0800. The van der Waals surface area contributed by atoms with Gasteiger partial charge >= 0.3 is 17.9 Å². The molecular formula is C21H18N2O7. The number of methoxy groups -OCH3 is 2. The molecule has 0 spiro atoms. The number of hydrogen-bond donors (Lipinski definition) is 1. The third kappa shape index (κ3) is 4.14. The summed E-state index contributed by atoms with van der Waals surface area (Å²) in [5.74, 6) is -2.41. The molecule has 0 atom stereocenters. The highest BCUT2D eigenvalue weighted by atomic mass is 16.5. The van der Waals surface area contributed by atoms with Crippen LogP contribution in [0.4, 0.5) is 0 Å². The first kappa shape index (κ1) is 20.6. The molecule has 154 valence electrons. The van der Waals surface area contributed by atoms with Gasteiger partial charge in [-0.05, 0) is 24.3 Å². The van der Waals surface area contributed by atoms with Gasteiger partial charge in [-0.2, -0.15) is 5.10 Å². The number of ether oxygens (including phenoxy) is 3. The highest BCUT2D eigenvalue weighted by Gasteiger charge is 2.31. The largest absolute Gasteiger partial charge is 0.482 e. The standard InChI is InChI=1S/C21H18N2O7/c1-28-20(26)17-18(13-7-6-10-15(11-13)30-12-16(24)25)22-23(19(17)21(27)29-2)14-8-4-3-5-9-14/h3-11H,12H2,1-2H3,(H,24,25). The Labute approximate surface area is 171 Å². The van der Waals surface area contributed by atoms with Crippen molar-refractivity contribution in [3.63, 3.8) is 0 Å². The lowest BCUT2D eigenvalue weighted by atomic mass is 10.1. The van der Waals surface area contributed by atoms with Crippen LogP contribution in [0, 0.1) is 0 Å². The maximum absolute atomic E-state index is 12.6. The van der Waals surface area contributed by atoms with E-state index in [9.17, 15) is 14.4 Å². The van der Waals surface area contributed by atoms with Crippen molar-refractivity contribution in [3.8, 4) is 22.7 Å². The Bertz CT molecular complexity index is 1090. The number of esters is 2. The maximum Gasteiger partial charge on any atom is 0.357 e. The Balaban J connectivity index is 2.23. The van der Waals surface area contributed by atoms with Gasteiger partial charge in [0.1, 0.15) is 17.0 Å². The quantitative estimate of drug-likeness (QED) is 0.591. The number of rotatable bonds is 7. The zero-order chi connectivity index (χ0) is 21.7. The molecule has 3 aromatic rings. The molecule has 2 aromatic carbocycles. The van der Waals surface area contributed by atoms with Crippen LogP contribution in [0.2, 0.25) is 0 Å². The number of carbonyl (C=O) groups excluding carboxylic acids is 2. The van der Waals surface area contributed by atoms with E-state index in [2.05, 4.69) is 5.10 Å². The summed E-state index contributed by atoms with van der Waals surface area (Å²) in [6.45, 7) is -0.529. The van der Waals surface area contributed by atoms with Crippen molar-refractivity contribution in [2.24, 2.45) is 0 Å². The minimum atomic E-state index is -1.13. The van der Waals surface area contributed by atoms with Gasteiger partial charge in [-0.3, -0.25) is 0 Å². The second-order valence-electron chi connectivity index (χ2n) is 6.01. The lowest BCUT2D eigenvalue weighted by molar-refractivity contribution is -0.139. The van der Waals surface area contributed by atoms with E-state index in [0.717, 1.165) is 0 Å². The van der Waals surface area contributed by atoms with Gasteiger partial charge in [0, 0.05) is 5.56 Å². The Kier molecular flexibility index (Phi) is 6.11. The fourth-order valence-corrected chi connectivity index (χ4v) is 2.84. The van der Waals surface area contributed by atoms with Crippen molar-refractivity contribution < 1.29 is 33.7 Å². The summed E-state index contributed by atoms with van der Waals surface area (Å²) in [6.07, 6.45) is 0. The molecule has 0 saturated heterocycles. The Morgan fingerprint density at radius 2 is 1.67 bits per heavy atom. The SMILES string of the molecule is COC(=O)c1c(-c2cccc(OCC(=O)O)c2)nn(-c2ccccc2)c1C(=O)OC. The van der Waals surface area contributed by atoms with Crippen LogP contribution in [0.25, 0.3) is 16.9 Å². The summed E-state index contributed by atoms with van der Waals surface area (Å²) in [4.78, 5) is 35.9. The number of aliphatic carboxylic acids is 1. The van der Waals surface area contributed by atoms with Crippen LogP contribution in [0.3, 0.4) is 0 Å². The van der Waals surface area contributed by atoms with Crippen molar-refractivity contribution in [2.75, 3.05) is 20.8 Å². The molecule has 0 aliphatic heterocycles. The summed E-state index contributed by atoms with van der Waals surface area (Å²) in [5.41, 5.74) is 0.948. The summed E-state index contributed by atoms with van der Waals surface area (Å²) >= 11 is 0. The molecule has 0 saturated carbocycles. The highest BCUT2D eigenvalue weighted by Crippen LogP contribution is 2.31. The number of aromatic nitrogens is 2. The molecular weight excluding hydrogens is 392 g/mol. The maximum atomic E-state index is 12.6. The molecule has 30 heavy (non-hydrogen) atoms. The predicted octanol–water partition coefficient (Wildman–Crippen LogP) is 2.58. The van der Waals surface area contributed by atoms with Crippen LogP contribution < -0.4 is 4.74 Å². The van der Waals surface area contributed by atoms with Gasteiger partial charge in [0.25, 0.3) is 0 Å². The number of benzene rings is 2. The second-order valence-corrected chi connectivity index (χ2v) is 6.01. The van der Waals surface area contributed by atoms with Gasteiger partial charge in [0.15, 0.2) is 12.3 Å². The fourth-order valence-electron chi connectivity index (χ4n) is 2.84. The van der Waals surface area contributed by atoms with Gasteiger partial charge in [-0.25, -0.2) is 19.1 Å². The number of para-hydroxylation sites is 1. The van der Waals surface area contributed by atoms with E-state index in [0.29, 0.717) is 11.3 Å². The Morgan fingerprint density at radius 1 is 0.967 bits per heavy atom. The van der Waals surface area contributed by atoms with E-state index in [-0.39, 0.29) is 22.7 Å². The average molecular weight is 410 g/mol. The molecule has 1 aromatic heterocycles. The molecule has 0 radical (unpaired) electrons. The fraction of sp³-hybridized carbons (Fsp3) is 0.143. The summed E-state index contributed by atoms with van der Waals surface area (Å²) in [7, 11) is 2.39. The zero-order valence-corrected chi connectivity index (χ0v) is 16.2. The van der Waals surface area contributed by atoms with Crippen LogP contribution in [0.5, 0.6) is 5.75 Å². The molecule has 9 nitrogen and oxygen atoms in total. The lowest BCUT2D eigenvalue weighted by Crippen LogP contribution is -2.15. The molecule has 1 N–H and O–H groups in total. The smallest absolute Gasteiger partial charge is 0.357 e. The van der Waals surface area contributed by atoms with E-state index < -0.39 is 24.5 Å². The lowest BCUT2D eigenvalue weighted by Gasteiger charge is -2.07. The first-order valence-corrected chi connectivity index (χ1v) is 8.76. The van der Waals surface area contributed by atoms with Crippen LogP contribution in [-0.4, -0.2) is 53.6 Å². The molecule has 0 amide bonds. The number of nitrogens with zero attached hydrogens (tertiary/aromatic N) is 2. The molecule has 1 heterocycles. The van der Waals surface area contributed by atoms with E-state index >= 15 is 0 Å². The van der Waals surface area contributed by atoms with Crippen molar-refractivity contribution in [1.29, 1.82) is 0 Å². The van der Waals surface area contributed by atoms with Crippen LogP contribution in [0.1, 0.15) is 20.8 Å². The van der Waals surface area contributed by atoms with Gasteiger partial charge in [-0.1, -0.05) is 30.3 Å². The summed E-state index contributed by atoms with van der Waals surface area (Å²) < 4.78 is 16.3. The third-order valence-electron chi connectivity index (χ3n) is 4.12. The zero-order valence-electron chi connectivity index (χ0n) is 16.2. The number of hydrogen-bond acceptors (Lipinski definition) is 7. The topological polar surface area (TPSA) is 117 Å². The van der Waals surface area contributed by atoms with Gasteiger partial charge in [0.05, 0.1) is 19.9 Å². The third-order valence-corrected chi connectivity index (χ3v) is 4.12. The molecule has 9 heteroatoms. The number of carboxylic acid groups (broad SMARTS) is 1. The second kappa shape index (κ2) is 8.91. The molecule has 0 bridgehead atoms. The van der Waals surface area contributed by atoms with Crippen molar-refractivity contribution >= 4 is 17.9 Å². The molecule has 3 rings (SSSR count). The van der Waals surface area contributed by atoms with Crippen LogP contribution >= 0.6 is 0 Å². The first-order valence-electron chi connectivity index (χ1n) is 8.76. The molecule has 0 unspecified atom stereocenters. The van der Waals surface area contributed by atoms with Gasteiger partial charge in [-0.15, -0.1) is 0 Å². The molecule has 0 aliphatic rings.